The first-order chi connectivity index (χ1) is 12.1. The summed E-state index contributed by atoms with van der Waals surface area (Å²) in [6, 6.07) is 0. The van der Waals surface area contributed by atoms with E-state index in [4.69, 9.17) is 23.7 Å². The van der Waals surface area contributed by atoms with Gasteiger partial charge in [-0.3, -0.25) is 19.2 Å². The minimum absolute atomic E-state index is 0.199. The number of ether oxygens (including phenoxy) is 5. The van der Waals surface area contributed by atoms with Crippen LogP contribution in [0.25, 0.3) is 0 Å². The van der Waals surface area contributed by atoms with E-state index in [0.717, 1.165) is 0 Å². The number of alkyl halides is 1. The highest BCUT2D eigenvalue weighted by atomic mass is 127. The molecule has 0 bridgehead atoms. The lowest BCUT2D eigenvalue weighted by Gasteiger charge is -2.44. The lowest BCUT2D eigenvalue weighted by Crippen LogP contribution is -2.62. The number of halogens is 1. The van der Waals surface area contributed by atoms with Crippen LogP contribution in [-0.2, 0) is 42.9 Å². The van der Waals surface area contributed by atoms with Gasteiger partial charge in [0.1, 0.15) is 12.7 Å². The van der Waals surface area contributed by atoms with E-state index in [1.807, 2.05) is 0 Å². The summed E-state index contributed by atoms with van der Waals surface area (Å²) in [5.41, 5.74) is 0. The van der Waals surface area contributed by atoms with Crippen molar-refractivity contribution in [3.63, 3.8) is 0 Å². The fourth-order valence-electron chi connectivity index (χ4n) is 2.66. The van der Waals surface area contributed by atoms with E-state index < -0.39 is 54.4 Å². The van der Waals surface area contributed by atoms with Crippen LogP contribution in [0.5, 0.6) is 0 Å². The molecule has 1 saturated heterocycles. The minimum atomic E-state index is -1.09. The summed E-state index contributed by atoms with van der Waals surface area (Å²) in [6.45, 7) is 4.63. The molecule has 1 fully saturated rings. The molecule has 0 aliphatic carbocycles. The lowest BCUT2D eigenvalue weighted by molar-refractivity contribution is -0.252. The monoisotopic (exact) mass is 486 g/mol. The zero-order chi connectivity index (χ0) is 19.9. The highest BCUT2D eigenvalue weighted by molar-refractivity contribution is 14.1. The molecule has 1 rings (SSSR count). The lowest BCUT2D eigenvalue weighted by atomic mass is 9.93. The third kappa shape index (κ3) is 7.06. The van der Waals surface area contributed by atoms with Crippen LogP contribution in [0, 0.1) is 0 Å². The van der Waals surface area contributed by atoms with Gasteiger partial charge < -0.3 is 23.7 Å². The molecule has 0 aromatic rings. The molecule has 5 atom stereocenters. The summed E-state index contributed by atoms with van der Waals surface area (Å²) in [4.78, 5) is 45.8. The van der Waals surface area contributed by atoms with Crippen LogP contribution in [0.1, 0.15) is 34.1 Å². The summed E-state index contributed by atoms with van der Waals surface area (Å²) in [6.07, 6.45) is -4.13. The van der Waals surface area contributed by atoms with Crippen molar-refractivity contribution in [3.8, 4) is 0 Å². The number of hydrogen-bond acceptors (Lipinski definition) is 9. The molecule has 0 amide bonds. The van der Waals surface area contributed by atoms with E-state index in [0.29, 0.717) is 10.8 Å². The first-order valence-corrected chi connectivity index (χ1v) is 9.54. The van der Waals surface area contributed by atoms with Gasteiger partial charge >= 0.3 is 23.9 Å². The van der Waals surface area contributed by atoms with Crippen LogP contribution in [-0.4, -0.2) is 65.4 Å². The Balaban J connectivity index is 3.22. The maximum Gasteiger partial charge on any atom is 0.303 e. The van der Waals surface area contributed by atoms with Crippen molar-refractivity contribution in [3.05, 3.63) is 0 Å². The Morgan fingerprint density at radius 3 is 1.65 bits per heavy atom. The van der Waals surface area contributed by atoms with Crippen molar-refractivity contribution >= 4 is 46.5 Å². The SMILES string of the molecule is CC(=O)OC[C@H]1O[C@H](CCI)[C@H](OC(C)=O)[C@@H](OC(C)=O)[C@@H]1OC(C)=O. The van der Waals surface area contributed by atoms with Gasteiger partial charge in [0.15, 0.2) is 18.3 Å². The van der Waals surface area contributed by atoms with Crippen molar-refractivity contribution in [1.29, 1.82) is 0 Å². The van der Waals surface area contributed by atoms with Crippen molar-refractivity contribution in [2.75, 3.05) is 11.0 Å². The summed E-state index contributed by atoms with van der Waals surface area (Å²) < 4.78 is 27.4. The van der Waals surface area contributed by atoms with Crippen LogP contribution in [0.3, 0.4) is 0 Å². The molecule has 0 saturated carbocycles. The molecular weight excluding hydrogens is 463 g/mol. The Morgan fingerprint density at radius 2 is 1.23 bits per heavy atom. The van der Waals surface area contributed by atoms with Crippen LogP contribution >= 0.6 is 22.6 Å². The molecule has 148 valence electrons. The number of hydrogen-bond donors (Lipinski definition) is 0. The molecular formula is C16H23IO9. The van der Waals surface area contributed by atoms with Crippen molar-refractivity contribution < 1.29 is 42.9 Å². The fraction of sp³-hybridized carbons (Fsp3) is 0.750. The first kappa shape index (κ1) is 22.6. The summed E-state index contributed by atoms with van der Waals surface area (Å²) in [5, 5.41) is 0. The van der Waals surface area contributed by atoms with Crippen LogP contribution < -0.4 is 0 Å². The second kappa shape index (κ2) is 10.7. The molecule has 1 aliphatic heterocycles. The zero-order valence-corrected chi connectivity index (χ0v) is 17.2. The third-order valence-corrected chi connectivity index (χ3v) is 4.10. The molecule has 1 aliphatic rings. The number of rotatable bonds is 7. The second-order valence-electron chi connectivity index (χ2n) is 5.72. The summed E-state index contributed by atoms with van der Waals surface area (Å²) in [5.74, 6) is -2.40. The highest BCUT2D eigenvalue weighted by Gasteiger charge is 2.51. The molecule has 9 nitrogen and oxygen atoms in total. The summed E-state index contributed by atoms with van der Waals surface area (Å²) in [7, 11) is 0. The maximum absolute atomic E-state index is 11.6. The van der Waals surface area contributed by atoms with Crippen LogP contribution in [0.2, 0.25) is 0 Å². The molecule has 0 aromatic carbocycles. The van der Waals surface area contributed by atoms with E-state index in [1.54, 1.807) is 0 Å². The Morgan fingerprint density at radius 1 is 0.769 bits per heavy atom. The molecule has 1 heterocycles. The fourth-order valence-corrected chi connectivity index (χ4v) is 3.27. The Labute approximate surface area is 165 Å². The van der Waals surface area contributed by atoms with Gasteiger partial charge in [-0.05, 0) is 6.42 Å². The molecule has 0 radical (unpaired) electrons. The topological polar surface area (TPSA) is 114 Å². The smallest absolute Gasteiger partial charge is 0.303 e. The largest absolute Gasteiger partial charge is 0.463 e. The highest BCUT2D eigenvalue weighted by Crippen LogP contribution is 2.31. The Kier molecular flexibility index (Phi) is 9.27. The molecule has 0 unspecified atom stereocenters. The van der Waals surface area contributed by atoms with Gasteiger partial charge in [-0.15, -0.1) is 0 Å². The number of esters is 4. The molecule has 0 N–H and O–H groups in total. The van der Waals surface area contributed by atoms with E-state index in [-0.39, 0.29) is 6.61 Å². The predicted octanol–water partition coefficient (Wildman–Crippen LogP) is 0.937. The van der Waals surface area contributed by atoms with E-state index in [9.17, 15) is 19.2 Å². The van der Waals surface area contributed by atoms with Gasteiger partial charge in [0.25, 0.3) is 0 Å². The van der Waals surface area contributed by atoms with E-state index >= 15 is 0 Å². The molecule has 26 heavy (non-hydrogen) atoms. The van der Waals surface area contributed by atoms with E-state index in [2.05, 4.69) is 22.6 Å². The van der Waals surface area contributed by atoms with Crippen molar-refractivity contribution in [2.45, 2.75) is 64.6 Å². The van der Waals surface area contributed by atoms with Crippen molar-refractivity contribution in [2.24, 2.45) is 0 Å². The normalized spacial score (nSPS) is 28.0. The Hall–Kier alpha value is -1.43. The average molecular weight is 486 g/mol. The van der Waals surface area contributed by atoms with Crippen molar-refractivity contribution in [1.82, 2.24) is 0 Å². The third-order valence-electron chi connectivity index (χ3n) is 3.48. The summed E-state index contributed by atoms with van der Waals surface area (Å²) >= 11 is 2.13. The number of carbonyl (C=O) groups excluding carboxylic acids is 4. The predicted molar refractivity (Wildman–Crippen MR) is 95.5 cm³/mol. The maximum atomic E-state index is 11.6. The Bertz CT molecular complexity index is 536. The van der Waals surface area contributed by atoms with Crippen LogP contribution in [0.15, 0.2) is 0 Å². The van der Waals surface area contributed by atoms with Gasteiger partial charge in [-0.25, -0.2) is 0 Å². The zero-order valence-electron chi connectivity index (χ0n) is 15.1. The van der Waals surface area contributed by atoms with Gasteiger partial charge in [0, 0.05) is 32.1 Å². The standard InChI is InChI=1S/C16H23IO9/c1-8(18)22-7-13-15(24-10(3)20)16(25-11(4)21)14(23-9(2)19)12(26-13)5-6-17/h12-16H,5-7H2,1-4H3/t12-,13-,14+,15-,16-/m1/s1. The van der Waals surface area contributed by atoms with Gasteiger partial charge in [0.2, 0.25) is 0 Å². The van der Waals surface area contributed by atoms with Gasteiger partial charge in [-0.1, -0.05) is 22.6 Å². The van der Waals surface area contributed by atoms with Crippen LogP contribution in [0.4, 0.5) is 0 Å². The number of carbonyl (C=O) groups is 4. The van der Waals surface area contributed by atoms with E-state index in [1.165, 1.54) is 27.7 Å². The average Bonchev–Trinajstić information content (AvgIpc) is 2.50. The first-order valence-electron chi connectivity index (χ1n) is 8.02. The molecule has 10 heteroatoms. The molecule has 0 spiro atoms. The quantitative estimate of drug-likeness (QED) is 0.225. The van der Waals surface area contributed by atoms with Gasteiger partial charge in [0.05, 0.1) is 6.10 Å². The second-order valence-corrected chi connectivity index (χ2v) is 6.79. The molecule has 0 aromatic heterocycles. The van der Waals surface area contributed by atoms with Gasteiger partial charge in [-0.2, -0.15) is 0 Å². The minimum Gasteiger partial charge on any atom is -0.463 e.